The lowest BCUT2D eigenvalue weighted by atomic mass is 9.95. The van der Waals surface area contributed by atoms with Crippen molar-refractivity contribution in [3.63, 3.8) is 0 Å². The Hall–Kier alpha value is -0.430. The van der Waals surface area contributed by atoms with Gasteiger partial charge in [-0.05, 0) is 63.9 Å². The lowest BCUT2D eigenvalue weighted by molar-refractivity contribution is 1.12. The first kappa shape index (κ1) is 9.66. The van der Waals surface area contributed by atoms with Gasteiger partial charge >= 0.3 is 0 Å². The van der Waals surface area contributed by atoms with Crippen LogP contribution in [0.1, 0.15) is 27.8 Å². The summed E-state index contributed by atoms with van der Waals surface area (Å²) in [5.41, 5.74) is 5.78. The lowest BCUT2D eigenvalue weighted by Crippen LogP contribution is -1.98. The first-order valence-corrected chi connectivity index (χ1v) is 4.54. The maximum atomic E-state index is 5.93. The monoisotopic (exact) mass is 179 g/mol. The SMILES string of the molecule is [CH]c1c(C)c(C)c([SH2+])c(C)c1C. The van der Waals surface area contributed by atoms with Crippen molar-refractivity contribution in [2.24, 2.45) is 0 Å². The molecule has 0 aliphatic carbocycles. The van der Waals surface area contributed by atoms with Gasteiger partial charge in [0.05, 0.1) is 0 Å². The van der Waals surface area contributed by atoms with Crippen LogP contribution in [0.15, 0.2) is 4.90 Å². The third-order valence-electron chi connectivity index (χ3n) is 2.68. The summed E-state index contributed by atoms with van der Waals surface area (Å²) in [5, 5.41) is 0. The van der Waals surface area contributed by atoms with Gasteiger partial charge in [0.25, 0.3) is 0 Å². The van der Waals surface area contributed by atoms with E-state index in [0.29, 0.717) is 0 Å². The summed E-state index contributed by atoms with van der Waals surface area (Å²) in [4.78, 5) is 1.18. The zero-order chi connectivity index (χ0) is 9.46. The summed E-state index contributed by atoms with van der Waals surface area (Å²) in [7, 11) is 0. The molecular weight excluding hydrogens is 164 g/mol. The zero-order valence-electron chi connectivity index (χ0n) is 8.08. The van der Waals surface area contributed by atoms with Crippen LogP contribution in [0.3, 0.4) is 0 Å². The van der Waals surface area contributed by atoms with E-state index in [-0.39, 0.29) is 0 Å². The number of hydrogen-bond acceptors (Lipinski definition) is 0. The smallest absolute Gasteiger partial charge is 0.0394 e. The third-order valence-corrected chi connectivity index (χ3v) is 3.43. The topological polar surface area (TPSA) is 0 Å². The fraction of sp³-hybridized carbons (Fsp3) is 0.364. The summed E-state index contributed by atoms with van der Waals surface area (Å²) in [6, 6.07) is 0. The third kappa shape index (κ3) is 1.27. The van der Waals surface area contributed by atoms with Crippen LogP contribution in [0.2, 0.25) is 0 Å². The van der Waals surface area contributed by atoms with Crippen LogP contribution < -0.4 is 0 Å². The highest BCUT2D eigenvalue weighted by molar-refractivity contribution is 7.59. The highest BCUT2D eigenvalue weighted by Crippen LogP contribution is 2.25. The molecule has 0 aliphatic rings. The van der Waals surface area contributed by atoms with Gasteiger partial charge in [0, 0.05) is 11.1 Å². The molecule has 1 heteroatoms. The molecule has 0 heterocycles. The van der Waals surface area contributed by atoms with E-state index < -0.39 is 0 Å². The maximum Gasteiger partial charge on any atom is 0.156 e. The van der Waals surface area contributed by atoms with Crippen molar-refractivity contribution in [2.75, 3.05) is 0 Å². The lowest BCUT2D eigenvalue weighted by Gasteiger charge is -2.11. The first-order valence-electron chi connectivity index (χ1n) is 4.04. The van der Waals surface area contributed by atoms with E-state index in [1.54, 1.807) is 0 Å². The van der Waals surface area contributed by atoms with Crippen LogP contribution in [-0.4, -0.2) is 0 Å². The van der Waals surface area contributed by atoms with Gasteiger partial charge in [-0.1, -0.05) is 0 Å². The highest BCUT2D eigenvalue weighted by atomic mass is 32.1. The van der Waals surface area contributed by atoms with Crippen LogP contribution >= 0.6 is 0 Å². The molecule has 0 fully saturated rings. The van der Waals surface area contributed by atoms with Crippen molar-refractivity contribution in [3.8, 4) is 0 Å². The molecule has 1 aromatic carbocycles. The molecular formula is C11H15S+. The molecule has 0 bridgehead atoms. The number of hydrogen-bond donors (Lipinski definition) is 0. The predicted molar refractivity (Wildman–Crippen MR) is 57.2 cm³/mol. The number of benzene rings is 1. The largest absolute Gasteiger partial charge is 0.156 e. The van der Waals surface area contributed by atoms with Crippen LogP contribution in [0.5, 0.6) is 0 Å². The molecule has 0 N–H and O–H groups in total. The second-order valence-electron chi connectivity index (χ2n) is 3.29. The molecule has 0 unspecified atom stereocenters. The Morgan fingerprint density at radius 2 is 1.17 bits per heavy atom. The Morgan fingerprint density at radius 3 is 1.50 bits per heavy atom. The normalized spacial score (nSPS) is 10.5. The van der Waals surface area contributed by atoms with Crippen molar-refractivity contribution in [2.45, 2.75) is 32.6 Å². The van der Waals surface area contributed by atoms with Crippen molar-refractivity contribution in [1.29, 1.82) is 0 Å². The van der Waals surface area contributed by atoms with Crippen molar-refractivity contribution < 1.29 is 0 Å². The van der Waals surface area contributed by atoms with Crippen molar-refractivity contribution >= 4 is 12.6 Å². The maximum absolute atomic E-state index is 5.93. The Labute approximate surface area is 80.4 Å². The zero-order valence-corrected chi connectivity index (χ0v) is 9.08. The van der Waals surface area contributed by atoms with E-state index in [9.17, 15) is 0 Å². The fourth-order valence-electron chi connectivity index (χ4n) is 1.34. The van der Waals surface area contributed by atoms with E-state index in [4.69, 9.17) is 6.92 Å². The molecule has 1 aromatic rings. The van der Waals surface area contributed by atoms with Gasteiger partial charge in [-0.15, -0.1) is 0 Å². The van der Waals surface area contributed by atoms with Gasteiger partial charge in [0.1, 0.15) is 0 Å². The van der Waals surface area contributed by atoms with E-state index >= 15 is 0 Å². The van der Waals surface area contributed by atoms with Gasteiger partial charge in [-0.3, -0.25) is 0 Å². The molecule has 0 nitrogen and oxygen atoms in total. The summed E-state index contributed by atoms with van der Waals surface area (Å²) in [6.45, 7) is 14.2. The number of rotatable bonds is 0. The van der Waals surface area contributed by atoms with Crippen molar-refractivity contribution in [1.82, 2.24) is 0 Å². The Balaban J connectivity index is 3.60. The Kier molecular flexibility index (Phi) is 2.52. The Bertz CT molecular complexity index is 219. The van der Waals surface area contributed by atoms with E-state index in [0.717, 1.165) is 5.56 Å². The summed E-state index contributed by atoms with van der Waals surface area (Å²) < 4.78 is 0. The average Bonchev–Trinajstić information content (AvgIpc) is 2.08. The molecule has 0 saturated heterocycles. The van der Waals surface area contributed by atoms with Gasteiger partial charge in [-0.2, -0.15) is 0 Å². The van der Waals surface area contributed by atoms with E-state index in [2.05, 4.69) is 40.3 Å². The quantitative estimate of drug-likeness (QED) is 0.536. The minimum absolute atomic E-state index is 0.923. The van der Waals surface area contributed by atoms with Gasteiger partial charge in [0.2, 0.25) is 0 Å². The average molecular weight is 179 g/mol. The molecule has 12 heavy (non-hydrogen) atoms. The Morgan fingerprint density at radius 1 is 0.833 bits per heavy atom. The summed E-state index contributed by atoms with van der Waals surface area (Å²) in [6.07, 6.45) is 0. The van der Waals surface area contributed by atoms with Crippen LogP contribution in [-0.2, 0) is 12.6 Å². The molecule has 0 atom stereocenters. The van der Waals surface area contributed by atoms with Gasteiger partial charge in [-0.25, -0.2) is 0 Å². The minimum atomic E-state index is 0.923. The standard InChI is InChI=1S/C11H14S/c1-6-7(2)9(4)11(12)10(5)8(6)3/h1,12H,2-5H3/p+1. The summed E-state index contributed by atoms with van der Waals surface area (Å²) >= 11 is 3.61. The fourth-order valence-corrected chi connectivity index (χ4v) is 1.72. The molecule has 0 aromatic heterocycles. The van der Waals surface area contributed by atoms with Crippen LogP contribution in [0, 0.1) is 34.6 Å². The molecule has 0 aliphatic heterocycles. The predicted octanol–water partition coefficient (Wildman–Crippen LogP) is 2.35. The van der Waals surface area contributed by atoms with E-state index in [1.165, 1.54) is 27.1 Å². The molecule has 64 valence electrons. The first-order chi connectivity index (χ1) is 5.46. The molecule has 1 rings (SSSR count). The summed E-state index contributed by atoms with van der Waals surface area (Å²) in [5.74, 6) is 0. The highest BCUT2D eigenvalue weighted by Gasteiger charge is 2.12. The molecule has 0 amide bonds. The van der Waals surface area contributed by atoms with Crippen LogP contribution in [0.4, 0.5) is 0 Å². The van der Waals surface area contributed by atoms with Gasteiger partial charge in [0.15, 0.2) is 4.90 Å². The molecule has 0 spiro atoms. The minimum Gasteiger partial charge on any atom is -0.0394 e. The molecule has 2 radical (unpaired) electrons. The second kappa shape index (κ2) is 3.14. The van der Waals surface area contributed by atoms with E-state index in [1.807, 2.05) is 0 Å². The van der Waals surface area contributed by atoms with Crippen molar-refractivity contribution in [3.05, 3.63) is 34.7 Å². The second-order valence-corrected chi connectivity index (χ2v) is 3.79. The van der Waals surface area contributed by atoms with Crippen LogP contribution in [0.25, 0.3) is 0 Å². The molecule has 0 saturated carbocycles. The van der Waals surface area contributed by atoms with Gasteiger partial charge < -0.3 is 0 Å².